The van der Waals surface area contributed by atoms with Crippen LogP contribution in [0.4, 0.5) is 17.3 Å². The van der Waals surface area contributed by atoms with Crippen LogP contribution >= 0.6 is 11.6 Å². The standard InChI is InChI=1S/C17H15ClN4O2S/c1-12-5-2-8-15(16(12)21-17-19-9-4-10-20-17)22-25(23,24)14-7-3-6-13(18)11-14/h2-11,22H,1H3,(H,19,20,21). The molecular formula is C17H15ClN4O2S. The fraction of sp³-hybridized carbons (Fsp3) is 0.0588. The highest BCUT2D eigenvalue weighted by Gasteiger charge is 2.17. The molecule has 0 saturated heterocycles. The smallest absolute Gasteiger partial charge is 0.262 e. The maximum absolute atomic E-state index is 12.6. The molecule has 0 amide bonds. The van der Waals surface area contributed by atoms with E-state index < -0.39 is 10.0 Å². The number of para-hydroxylation sites is 1. The molecule has 0 spiro atoms. The average Bonchev–Trinajstić information content (AvgIpc) is 2.59. The van der Waals surface area contributed by atoms with Gasteiger partial charge in [0.1, 0.15) is 0 Å². The van der Waals surface area contributed by atoms with Crippen molar-refractivity contribution in [1.29, 1.82) is 0 Å². The van der Waals surface area contributed by atoms with Crippen molar-refractivity contribution in [1.82, 2.24) is 9.97 Å². The maximum Gasteiger partial charge on any atom is 0.262 e. The molecule has 3 aromatic rings. The summed E-state index contributed by atoms with van der Waals surface area (Å²) in [5, 5.41) is 3.40. The molecule has 25 heavy (non-hydrogen) atoms. The van der Waals surface area contributed by atoms with Crippen LogP contribution in [-0.2, 0) is 10.0 Å². The van der Waals surface area contributed by atoms with Gasteiger partial charge in [-0.3, -0.25) is 4.72 Å². The zero-order valence-corrected chi connectivity index (χ0v) is 14.8. The Morgan fingerprint density at radius 2 is 1.72 bits per heavy atom. The zero-order valence-electron chi connectivity index (χ0n) is 13.3. The van der Waals surface area contributed by atoms with E-state index in [1.165, 1.54) is 12.1 Å². The minimum Gasteiger partial charge on any atom is -0.322 e. The minimum atomic E-state index is -3.78. The van der Waals surface area contributed by atoms with Crippen molar-refractivity contribution in [2.75, 3.05) is 10.0 Å². The summed E-state index contributed by atoms with van der Waals surface area (Å²) in [4.78, 5) is 8.30. The molecule has 0 unspecified atom stereocenters. The Hall–Kier alpha value is -2.64. The third-order valence-corrected chi connectivity index (χ3v) is 5.02. The van der Waals surface area contributed by atoms with Gasteiger partial charge in [0.05, 0.1) is 16.3 Å². The lowest BCUT2D eigenvalue weighted by molar-refractivity contribution is 0.601. The van der Waals surface area contributed by atoms with Crippen molar-refractivity contribution in [3.8, 4) is 0 Å². The van der Waals surface area contributed by atoms with Crippen LogP contribution in [0.2, 0.25) is 5.02 Å². The van der Waals surface area contributed by atoms with E-state index in [9.17, 15) is 8.42 Å². The lowest BCUT2D eigenvalue weighted by Crippen LogP contribution is -2.14. The van der Waals surface area contributed by atoms with Gasteiger partial charge in [-0.05, 0) is 42.8 Å². The van der Waals surface area contributed by atoms with Gasteiger partial charge in [0.25, 0.3) is 10.0 Å². The van der Waals surface area contributed by atoms with E-state index in [0.29, 0.717) is 22.3 Å². The van der Waals surface area contributed by atoms with Crippen LogP contribution < -0.4 is 10.0 Å². The van der Waals surface area contributed by atoms with Gasteiger partial charge in [0, 0.05) is 17.4 Å². The summed E-state index contributed by atoms with van der Waals surface area (Å²) in [6.07, 6.45) is 3.20. The first-order chi connectivity index (χ1) is 12.0. The van der Waals surface area contributed by atoms with Crippen molar-refractivity contribution in [2.24, 2.45) is 0 Å². The monoisotopic (exact) mass is 374 g/mol. The summed E-state index contributed by atoms with van der Waals surface area (Å²) in [6.45, 7) is 1.86. The second-order valence-corrected chi connectivity index (χ2v) is 7.38. The molecule has 2 aromatic carbocycles. The summed E-state index contributed by atoms with van der Waals surface area (Å²) in [5.41, 5.74) is 1.82. The van der Waals surface area contributed by atoms with E-state index in [4.69, 9.17) is 11.6 Å². The van der Waals surface area contributed by atoms with Crippen LogP contribution in [0.15, 0.2) is 65.8 Å². The molecule has 1 heterocycles. The number of nitrogens with zero attached hydrogens (tertiary/aromatic N) is 2. The number of nitrogens with one attached hydrogen (secondary N) is 2. The van der Waals surface area contributed by atoms with Crippen molar-refractivity contribution in [3.05, 3.63) is 71.5 Å². The van der Waals surface area contributed by atoms with Crippen molar-refractivity contribution in [3.63, 3.8) is 0 Å². The van der Waals surface area contributed by atoms with Gasteiger partial charge in [-0.1, -0.05) is 29.8 Å². The first kappa shape index (κ1) is 17.2. The molecule has 0 bridgehead atoms. The third-order valence-electron chi connectivity index (χ3n) is 3.43. The van der Waals surface area contributed by atoms with E-state index in [2.05, 4.69) is 20.0 Å². The third kappa shape index (κ3) is 4.07. The summed E-state index contributed by atoms with van der Waals surface area (Å²) in [6, 6.07) is 13.1. The second kappa shape index (κ2) is 7.08. The van der Waals surface area contributed by atoms with Crippen LogP contribution in [0.5, 0.6) is 0 Å². The molecule has 0 fully saturated rings. The highest BCUT2D eigenvalue weighted by molar-refractivity contribution is 7.92. The maximum atomic E-state index is 12.6. The lowest BCUT2D eigenvalue weighted by Gasteiger charge is -2.15. The predicted molar refractivity (Wildman–Crippen MR) is 98.8 cm³/mol. The second-order valence-electron chi connectivity index (χ2n) is 5.26. The van der Waals surface area contributed by atoms with Crippen LogP contribution in [0, 0.1) is 6.92 Å². The number of hydrogen-bond acceptors (Lipinski definition) is 5. The van der Waals surface area contributed by atoms with E-state index in [0.717, 1.165) is 5.56 Å². The molecule has 6 nitrogen and oxygen atoms in total. The van der Waals surface area contributed by atoms with Gasteiger partial charge in [-0.25, -0.2) is 18.4 Å². The number of hydrogen-bond donors (Lipinski definition) is 2. The van der Waals surface area contributed by atoms with E-state index in [-0.39, 0.29) is 4.90 Å². The highest BCUT2D eigenvalue weighted by atomic mass is 35.5. The summed E-state index contributed by atoms with van der Waals surface area (Å²) in [5.74, 6) is 0.375. The number of anilines is 3. The Bertz CT molecular complexity index is 995. The summed E-state index contributed by atoms with van der Waals surface area (Å²) >= 11 is 5.90. The molecular weight excluding hydrogens is 360 g/mol. The molecule has 0 saturated carbocycles. The van der Waals surface area contributed by atoms with Gasteiger partial charge in [-0.2, -0.15) is 0 Å². The number of aryl methyl sites for hydroxylation is 1. The Kier molecular flexibility index (Phi) is 4.87. The quantitative estimate of drug-likeness (QED) is 0.705. The molecule has 0 atom stereocenters. The largest absolute Gasteiger partial charge is 0.322 e. The SMILES string of the molecule is Cc1cccc(NS(=O)(=O)c2cccc(Cl)c2)c1Nc1ncccn1. The average molecular weight is 375 g/mol. The first-order valence-corrected chi connectivity index (χ1v) is 9.24. The fourth-order valence-electron chi connectivity index (χ4n) is 2.23. The predicted octanol–water partition coefficient (Wildman–Crippen LogP) is 3.98. The zero-order chi connectivity index (χ0) is 17.9. The van der Waals surface area contributed by atoms with Crippen LogP contribution in [-0.4, -0.2) is 18.4 Å². The molecule has 3 rings (SSSR count). The molecule has 0 aliphatic heterocycles. The van der Waals surface area contributed by atoms with Crippen molar-refractivity contribution < 1.29 is 8.42 Å². The minimum absolute atomic E-state index is 0.0865. The van der Waals surface area contributed by atoms with Crippen LogP contribution in [0.1, 0.15) is 5.56 Å². The van der Waals surface area contributed by atoms with Gasteiger partial charge >= 0.3 is 0 Å². The molecule has 8 heteroatoms. The Balaban J connectivity index is 1.96. The number of sulfonamides is 1. The van der Waals surface area contributed by atoms with Gasteiger partial charge < -0.3 is 5.32 Å². The molecule has 1 aromatic heterocycles. The Labute approximate surface area is 151 Å². The van der Waals surface area contributed by atoms with Gasteiger partial charge in [-0.15, -0.1) is 0 Å². The number of aromatic nitrogens is 2. The van der Waals surface area contributed by atoms with Crippen LogP contribution in [0.25, 0.3) is 0 Å². The molecule has 128 valence electrons. The normalized spacial score (nSPS) is 11.1. The highest BCUT2D eigenvalue weighted by Crippen LogP contribution is 2.30. The number of rotatable bonds is 5. The summed E-state index contributed by atoms with van der Waals surface area (Å²) in [7, 11) is -3.78. The molecule has 0 aliphatic carbocycles. The molecule has 0 aliphatic rings. The van der Waals surface area contributed by atoms with Crippen LogP contribution in [0.3, 0.4) is 0 Å². The Morgan fingerprint density at radius 1 is 1.00 bits per heavy atom. The summed E-state index contributed by atoms with van der Waals surface area (Å²) < 4.78 is 27.9. The molecule has 2 N–H and O–H groups in total. The van der Waals surface area contributed by atoms with E-state index >= 15 is 0 Å². The van der Waals surface area contributed by atoms with E-state index in [1.54, 1.807) is 42.7 Å². The van der Waals surface area contributed by atoms with Crippen molar-refractivity contribution >= 4 is 38.9 Å². The topological polar surface area (TPSA) is 84.0 Å². The number of halogens is 1. The first-order valence-electron chi connectivity index (χ1n) is 7.38. The Morgan fingerprint density at radius 3 is 2.44 bits per heavy atom. The lowest BCUT2D eigenvalue weighted by atomic mass is 10.2. The van der Waals surface area contributed by atoms with E-state index in [1.807, 2.05) is 13.0 Å². The van der Waals surface area contributed by atoms with Crippen molar-refractivity contribution in [2.45, 2.75) is 11.8 Å². The number of benzene rings is 2. The fourth-order valence-corrected chi connectivity index (χ4v) is 3.60. The molecule has 0 radical (unpaired) electrons. The van der Waals surface area contributed by atoms with Gasteiger partial charge in [0.15, 0.2) is 0 Å². The van der Waals surface area contributed by atoms with Gasteiger partial charge in [0.2, 0.25) is 5.95 Å².